The van der Waals surface area contributed by atoms with Crippen molar-refractivity contribution in [1.82, 2.24) is 14.9 Å². The summed E-state index contributed by atoms with van der Waals surface area (Å²) in [5, 5.41) is 0.946. The molecular weight excluding hydrogens is 326 g/mol. The van der Waals surface area contributed by atoms with Gasteiger partial charge in [0.1, 0.15) is 12.0 Å². The number of carbonyl (C=O) groups excluding carboxylic acids is 1. The number of amides is 1. The summed E-state index contributed by atoms with van der Waals surface area (Å²) >= 11 is 6.67. The zero-order valence-electron chi connectivity index (χ0n) is 7.86. The largest absolute Gasteiger partial charge is 0.337 e. The zero-order chi connectivity index (χ0) is 10.8. The van der Waals surface area contributed by atoms with Crippen LogP contribution in [0.1, 0.15) is 10.5 Å². The lowest BCUT2D eigenvalue weighted by Crippen LogP contribution is -2.50. The van der Waals surface area contributed by atoms with E-state index in [0.29, 0.717) is 16.1 Å². The zero-order valence-corrected chi connectivity index (χ0v) is 11.0. The van der Waals surface area contributed by atoms with E-state index in [2.05, 4.69) is 41.8 Å². The first kappa shape index (κ1) is 11.0. The smallest absolute Gasteiger partial charge is 0.273 e. The van der Waals surface area contributed by atoms with Gasteiger partial charge in [-0.2, -0.15) is 0 Å². The molecule has 1 aliphatic heterocycles. The SMILES string of the molecule is O=C(c1ncncc1Br)N1CC(CBr)C1. The van der Waals surface area contributed by atoms with Gasteiger partial charge in [-0.3, -0.25) is 4.79 Å². The van der Waals surface area contributed by atoms with Gasteiger partial charge in [0.25, 0.3) is 5.91 Å². The molecule has 1 aromatic heterocycles. The Kier molecular flexibility index (Phi) is 3.35. The third-order valence-corrected chi connectivity index (χ3v) is 3.83. The van der Waals surface area contributed by atoms with Crippen molar-refractivity contribution in [3.8, 4) is 0 Å². The summed E-state index contributed by atoms with van der Waals surface area (Å²) in [6.45, 7) is 1.61. The monoisotopic (exact) mass is 333 g/mol. The minimum atomic E-state index is -0.0264. The summed E-state index contributed by atoms with van der Waals surface area (Å²) in [4.78, 5) is 21.5. The maximum absolute atomic E-state index is 11.9. The fraction of sp³-hybridized carbons (Fsp3) is 0.444. The molecule has 0 aliphatic carbocycles. The second-order valence-corrected chi connectivity index (χ2v) is 4.95. The first-order valence-electron chi connectivity index (χ1n) is 4.53. The van der Waals surface area contributed by atoms with Crippen LogP contribution in [-0.4, -0.2) is 39.2 Å². The number of halogens is 2. The van der Waals surface area contributed by atoms with E-state index in [1.807, 2.05) is 0 Å². The second kappa shape index (κ2) is 4.57. The first-order valence-corrected chi connectivity index (χ1v) is 6.44. The van der Waals surface area contributed by atoms with Crippen molar-refractivity contribution in [3.63, 3.8) is 0 Å². The molecule has 15 heavy (non-hydrogen) atoms. The van der Waals surface area contributed by atoms with Gasteiger partial charge in [0.15, 0.2) is 0 Å². The van der Waals surface area contributed by atoms with Gasteiger partial charge in [0.05, 0.1) is 4.47 Å². The predicted octanol–water partition coefficient (Wildman–Crippen LogP) is 1.71. The minimum Gasteiger partial charge on any atom is -0.337 e. The molecule has 2 rings (SSSR count). The van der Waals surface area contributed by atoms with Crippen LogP contribution < -0.4 is 0 Å². The van der Waals surface area contributed by atoms with Crippen LogP contribution in [0.5, 0.6) is 0 Å². The standard InChI is InChI=1S/C9H9Br2N3O/c10-1-6-3-14(4-6)9(15)8-7(11)2-12-5-13-8/h2,5-6H,1,3-4H2. The van der Waals surface area contributed by atoms with Crippen LogP contribution in [-0.2, 0) is 0 Å². The summed E-state index contributed by atoms with van der Waals surface area (Å²) in [5.41, 5.74) is 0.443. The lowest BCUT2D eigenvalue weighted by molar-refractivity contribution is 0.0531. The number of rotatable bonds is 2. The van der Waals surface area contributed by atoms with Gasteiger partial charge in [-0.15, -0.1) is 0 Å². The van der Waals surface area contributed by atoms with Crippen LogP contribution in [0.3, 0.4) is 0 Å². The molecule has 1 saturated heterocycles. The Morgan fingerprint density at radius 2 is 2.33 bits per heavy atom. The van der Waals surface area contributed by atoms with Crippen molar-refractivity contribution in [2.45, 2.75) is 0 Å². The van der Waals surface area contributed by atoms with Gasteiger partial charge in [0.2, 0.25) is 0 Å². The lowest BCUT2D eigenvalue weighted by Gasteiger charge is -2.38. The van der Waals surface area contributed by atoms with Gasteiger partial charge in [-0.1, -0.05) is 15.9 Å². The van der Waals surface area contributed by atoms with Gasteiger partial charge < -0.3 is 4.90 Å². The van der Waals surface area contributed by atoms with Crippen LogP contribution >= 0.6 is 31.9 Å². The number of carbonyl (C=O) groups is 1. The number of alkyl halides is 1. The van der Waals surface area contributed by atoms with E-state index in [0.717, 1.165) is 18.4 Å². The van der Waals surface area contributed by atoms with Crippen LogP contribution in [0.25, 0.3) is 0 Å². The fourth-order valence-electron chi connectivity index (χ4n) is 1.45. The van der Waals surface area contributed by atoms with E-state index in [1.54, 1.807) is 11.1 Å². The highest BCUT2D eigenvalue weighted by Gasteiger charge is 2.31. The molecule has 0 radical (unpaired) electrons. The summed E-state index contributed by atoms with van der Waals surface area (Å²) in [5.74, 6) is 0.552. The molecule has 0 N–H and O–H groups in total. The number of likely N-dealkylation sites (tertiary alicyclic amines) is 1. The molecule has 6 heteroatoms. The van der Waals surface area contributed by atoms with Crippen LogP contribution in [0.2, 0.25) is 0 Å². The molecular formula is C9H9Br2N3O. The lowest BCUT2D eigenvalue weighted by atomic mass is 10.0. The Hall–Kier alpha value is -0.490. The Balaban J connectivity index is 2.07. The predicted molar refractivity (Wildman–Crippen MR) is 62.9 cm³/mol. The Bertz CT molecular complexity index is 379. The average molecular weight is 335 g/mol. The van der Waals surface area contributed by atoms with Crippen LogP contribution in [0.15, 0.2) is 17.0 Å². The maximum atomic E-state index is 11.9. The van der Waals surface area contributed by atoms with Crippen molar-refractivity contribution in [2.75, 3.05) is 18.4 Å². The van der Waals surface area contributed by atoms with E-state index in [1.165, 1.54) is 6.33 Å². The Morgan fingerprint density at radius 1 is 1.60 bits per heavy atom. The maximum Gasteiger partial charge on any atom is 0.273 e. The topological polar surface area (TPSA) is 46.1 Å². The number of nitrogens with zero attached hydrogens (tertiary/aromatic N) is 3. The summed E-state index contributed by atoms with van der Waals surface area (Å²) < 4.78 is 0.650. The molecule has 1 fully saturated rings. The van der Waals surface area contributed by atoms with E-state index >= 15 is 0 Å². The second-order valence-electron chi connectivity index (χ2n) is 3.45. The summed E-state index contributed by atoms with van der Waals surface area (Å²) in [6, 6.07) is 0. The quantitative estimate of drug-likeness (QED) is 0.773. The molecule has 2 heterocycles. The molecule has 80 valence electrons. The fourth-order valence-corrected chi connectivity index (χ4v) is 2.25. The van der Waals surface area contributed by atoms with Crippen LogP contribution in [0, 0.1) is 5.92 Å². The molecule has 0 bridgehead atoms. The van der Waals surface area contributed by atoms with Crippen molar-refractivity contribution in [1.29, 1.82) is 0 Å². The summed E-state index contributed by atoms with van der Waals surface area (Å²) in [6.07, 6.45) is 2.97. The molecule has 0 spiro atoms. The molecule has 4 nitrogen and oxygen atoms in total. The molecule has 0 saturated carbocycles. The van der Waals surface area contributed by atoms with E-state index < -0.39 is 0 Å². The molecule has 0 unspecified atom stereocenters. The van der Waals surface area contributed by atoms with Gasteiger partial charge in [-0.25, -0.2) is 9.97 Å². The highest BCUT2D eigenvalue weighted by atomic mass is 79.9. The number of aromatic nitrogens is 2. The van der Waals surface area contributed by atoms with Gasteiger partial charge in [-0.05, 0) is 15.9 Å². The Morgan fingerprint density at radius 3 is 2.93 bits per heavy atom. The Labute approximate surface area is 104 Å². The van der Waals surface area contributed by atoms with E-state index in [-0.39, 0.29) is 5.91 Å². The summed E-state index contributed by atoms with van der Waals surface area (Å²) in [7, 11) is 0. The molecule has 0 atom stereocenters. The van der Waals surface area contributed by atoms with Gasteiger partial charge >= 0.3 is 0 Å². The van der Waals surface area contributed by atoms with E-state index in [4.69, 9.17) is 0 Å². The minimum absolute atomic E-state index is 0.0264. The van der Waals surface area contributed by atoms with E-state index in [9.17, 15) is 4.79 Å². The third kappa shape index (κ3) is 2.20. The highest BCUT2D eigenvalue weighted by molar-refractivity contribution is 9.10. The number of hydrogen-bond donors (Lipinski definition) is 0. The molecule has 1 aliphatic rings. The molecule has 1 amide bonds. The highest BCUT2D eigenvalue weighted by Crippen LogP contribution is 2.22. The molecule has 0 aromatic carbocycles. The van der Waals surface area contributed by atoms with Crippen molar-refractivity contribution in [3.05, 3.63) is 22.7 Å². The third-order valence-electron chi connectivity index (χ3n) is 2.33. The van der Waals surface area contributed by atoms with Crippen molar-refractivity contribution in [2.24, 2.45) is 5.92 Å². The normalized spacial score (nSPS) is 16.3. The van der Waals surface area contributed by atoms with Crippen molar-refractivity contribution < 1.29 is 4.79 Å². The number of hydrogen-bond acceptors (Lipinski definition) is 3. The van der Waals surface area contributed by atoms with Gasteiger partial charge in [0, 0.05) is 30.5 Å². The van der Waals surface area contributed by atoms with Crippen LogP contribution in [0.4, 0.5) is 0 Å². The molecule has 1 aromatic rings. The average Bonchev–Trinajstić information content (AvgIpc) is 2.16. The van der Waals surface area contributed by atoms with Crippen molar-refractivity contribution >= 4 is 37.8 Å². The first-order chi connectivity index (χ1) is 7.22.